The second-order valence-corrected chi connectivity index (χ2v) is 3.82. The molecule has 0 saturated heterocycles. The van der Waals surface area contributed by atoms with E-state index in [1.807, 2.05) is 19.2 Å². The summed E-state index contributed by atoms with van der Waals surface area (Å²) in [5.74, 6) is 0. The van der Waals surface area contributed by atoms with E-state index < -0.39 is 0 Å². The van der Waals surface area contributed by atoms with Crippen LogP contribution >= 0.6 is 0 Å². The Balaban J connectivity index is 3.15. The highest BCUT2D eigenvalue weighted by atomic mass is 15.3. The van der Waals surface area contributed by atoms with Gasteiger partial charge in [-0.2, -0.15) is 0 Å². The van der Waals surface area contributed by atoms with Gasteiger partial charge in [-0.25, -0.2) is 0 Å². The number of allylic oxidation sites excluding steroid dienone is 1. The molecule has 0 aromatic rings. The molecule has 0 spiro atoms. The lowest BCUT2D eigenvalue weighted by Gasteiger charge is -2.23. The van der Waals surface area contributed by atoms with Crippen LogP contribution in [-0.2, 0) is 0 Å². The van der Waals surface area contributed by atoms with Crippen LogP contribution in [-0.4, -0.2) is 38.7 Å². The summed E-state index contributed by atoms with van der Waals surface area (Å²) in [6.45, 7) is 4.33. The zero-order chi connectivity index (χ0) is 8.74. The summed E-state index contributed by atoms with van der Waals surface area (Å²) in [5.41, 5.74) is 0. The van der Waals surface area contributed by atoms with Gasteiger partial charge in [0.25, 0.3) is 0 Å². The molecular weight excluding hydrogens is 136 g/mol. The van der Waals surface area contributed by atoms with Crippen LogP contribution in [0.1, 0.15) is 13.3 Å². The summed E-state index contributed by atoms with van der Waals surface area (Å²) < 4.78 is 1.05. The fraction of sp³-hybridized carbons (Fsp3) is 0.778. The van der Waals surface area contributed by atoms with Gasteiger partial charge in [0, 0.05) is 13.0 Å². The predicted molar refractivity (Wildman–Crippen MR) is 50.3 cm³/mol. The third kappa shape index (κ3) is 9.50. The molecule has 0 aromatic heterocycles. The van der Waals surface area contributed by atoms with Crippen molar-refractivity contribution in [1.29, 1.82) is 0 Å². The molecule has 0 heterocycles. The predicted octanol–water partition coefficient (Wildman–Crippen LogP) is 1.21. The van der Waals surface area contributed by atoms with Gasteiger partial charge in [0.1, 0.15) is 0 Å². The number of hydrogen-bond donors (Lipinski definition) is 1. The summed E-state index contributed by atoms with van der Waals surface area (Å²) in [5, 5.41) is 3.22. The van der Waals surface area contributed by atoms with Crippen LogP contribution in [0.4, 0.5) is 0 Å². The molecule has 0 saturated carbocycles. The van der Waals surface area contributed by atoms with Gasteiger partial charge in [0.05, 0.1) is 27.7 Å². The van der Waals surface area contributed by atoms with Gasteiger partial charge in [0.15, 0.2) is 0 Å². The van der Waals surface area contributed by atoms with Crippen LogP contribution in [0.5, 0.6) is 0 Å². The van der Waals surface area contributed by atoms with Crippen LogP contribution in [0.3, 0.4) is 0 Å². The first-order chi connectivity index (χ1) is 5.06. The summed E-state index contributed by atoms with van der Waals surface area (Å²) >= 11 is 0. The number of rotatable bonds is 5. The van der Waals surface area contributed by atoms with Crippen molar-refractivity contribution in [3.8, 4) is 0 Å². The molecule has 0 amide bonds. The minimum absolute atomic E-state index is 1.05. The number of nitrogens with one attached hydrogen (secondary N) is 1. The van der Waals surface area contributed by atoms with Gasteiger partial charge in [-0.05, 0) is 13.1 Å². The Morgan fingerprint density at radius 1 is 1.27 bits per heavy atom. The zero-order valence-corrected chi connectivity index (χ0v) is 8.22. The molecular formula is C9H21N2+. The van der Waals surface area contributed by atoms with Crippen molar-refractivity contribution >= 4 is 0 Å². The average Bonchev–Trinajstić information content (AvgIpc) is 1.85. The maximum atomic E-state index is 3.22. The maximum absolute atomic E-state index is 3.22. The Bertz CT molecular complexity index is 111. The molecule has 11 heavy (non-hydrogen) atoms. The molecule has 0 bridgehead atoms. The Morgan fingerprint density at radius 3 is 2.36 bits per heavy atom. The molecule has 1 N–H and O–H groups in total. The molecule has 0 aliphatic rings. The van der Waals surface area contributed by atoms with E-state index in [4.69, 9.17) is 0 Å². The van der Waals surface area contributed by atoms with E-state index >= 15 is 0 Å². The van der Waals surface area contributed by atoms with Gasteiger partial charge < -0.3 is 9.80 Å². The molecule has 66 valence electrons. The summed E-state index contributed by atoms with van der Waals surface area (Å²) in [7, 11) is 6.65. The Morgan fingerprint density at radius 2 is 1.91 bits per heavy atom. The molecule has 2 nitrogen and oxygen atoms in total. The third-order valence-electron chi connectivity index (χ3n) is 1.43. The standard InChI is InChI=1S/C9H21N2/c1-5-7-10-8-6-9-11(2,3)4/h5,7,10H,6,8-9H2,1-4H3/q+1. The smallest absolute Gasteiger partial charge is 0.0797 e. The summed E-state index contributed by atoms with van der Waals surface area (Å²) in [6.07, 6.45) is 5.25. The Hall–Kier alpha value is -0.500. The van der Waals surface area contributed by atoms with Crippen LogP contribution < -0.4 is 5.32 Å². The number of nitrogens with zero attached hydrogens (tertiary/aromatic N) is 1. The van der Waals surface area contributed by atoms with E-state index in [9.17, 15) is 0 Å². The molecule has 2 heteroatoms. The fourth-order valence-corrected chi connectivity index (χ4v) is 0.857. The van der Waals surface area contributed by atoms with Gasteiger partial charge in [-0.3, -0.25) is 0 Å². The van der Waals surface area contributed by atoms with Crippen molar-refractivity contribution in [3.63, 3.8) is 0 Å². The summed E-state index contributed by atoms with van der Waals surface area (Å²) in [6, 6.07) is 0. The highest BCUT2D eigenvalue weighted by molar-refractivity contribution is 4.73. The van der Waals surface area contributed by atoms with Gasteiger partial charge in [-0.1, -0.05) is 6.08 Å². The highest BCUT2D eigenvalue weighted by Gasteiger charge is 2.03. The van der Waals surface area contributed by atoms with Crippen molar-refractivity contribution < 1.29 is 4.48 Å². The molecule has 0 fully saturated rings. The lowest BCUT2D eigenvalue weighted by molar-refractivity contribution is -0.870. The van der Waals surface area contributed by atoms with Crippen molar-refractivity contribution in [3.05, 3.63) is 12.3 Å². The maximum Gasteiger partial charge on any atom is 0.0797 e. The second kappa shape index (κ2) is 5.19. The van der Waals surface area contributed by atoms with Crippen molar-refractivity contribution in [2.24, 2.45) is 0 Å². The average molecular weight is 157 g/mol. The van der Waals surface area contributed by atoms with E-state index in [-0.39, 0.29) is 0 Å². The van der Waals surface area contributed by atoms with Crippen LogP contribution in [0.25, 0.3) is 0 Å². The number of quaternary nitrogens is 1. The highest BCUT2D eigenvalue weighted by Crippen LogP contribution is 1.91. The first kappa shape index (κ1) is 10.5. The van der Waals surface area contributed by atoms with Gasteiger partial charge in [-0.15, -0.1) is 0 Å². The summed E-state index contributed by atoms with van der Waals surface area (Å²) in [4.78, 5) is 0. The zero-order valence-electron chi connectivity index (χ0n) is 8.22. The molecule has 0 unspecified atom stereocenters. The molecule has 0 aromatic carbocycles. The van der Waals surface area contributed by atoms with E-state index in [0.29, 0.717) is 0 Å². The quantitative estimate of drug-likeness (QED) is 0.467. The molecule has 0 atom stereocenters. The SMILES string of the molecule is CC=CNCCC[N+](C)(C)C. The van der Waals surface area contributed by atoms with Gasteiger partial charge >= 0.3 is 0 Å². The lowest BCUT2D eigenvalue weighted by atomic mass is 10.4. The number of hydrogen-bond acceptors (Lipinski definition) is 1. The van der Waals surface area contributed by atoms with Crippen LogP contribution in [0, 0.1) is 0 Å². The molecule has 0 aliphatic heterocycles. The molecule has 0 aliphatic carbocycles. The van der Waals surface area contributed by atoms with E-state index in [2.05, 4.69) is 26.5 Å². The third-order valence-corrected chi connectivity index (χ3v) is 1.43. The Labute approximate surface area is 70.5 Å². The first-order valence-electron chi connectivity index (χ1n) is 4.21. The monoisotopic (exact) mass is 157 g/mol. The normalized spacial score (nSPS) is 12.4. The topological polar surface area (TPSA) is 12.0 Å². The Kier molecular flexibility index (Phi) is 4.95. The van der Waals surface area contributed by atoms with Gasteiger partial charge in [0.2, 0.25) is 0 Å². The first-order valence-corrected chi connectivity index (χ1v) is 4.21. The van der Waals surface area contributed by atoms with Crippen LogP contribution in [0.15, 0.2) is 12.3 Å². The largest absolute Gasteiger partial charge is 0.391 e. The van der Waals surface area contributed by atoms with Crippen molar-refractivity contribution in [2.45, 2.75) is 13.3 Å². The van der Waals surface area contributed by atoms with Crippen LogP contribution in [0.2, 0.25) is 0 Å². The van der Waals surface area contributed by atoms with E-state index in [0.717, 1.165) is 11.0 Å². The lowest BCUT2D eigenvalue weighted by Crippen LogP contribution is -2.36. The second-order valence-electron chi connectivity index (χ2n) is 3.82. The van der Waals surface area contributed by atoms with Crippen molar-refractivity contribution in [2.75, 3.05) is 34.2 Å². The molecule has 0 radical (unpaired) electrons. The van der Waals surface area contributed by atoms with E-state index in [1.54, 1.807) is 0 Å². The minimum Gasteiger partial charge on any atom is -0.391 e. The molecule has 0 rings (SSSR count). The van der Waals surface area contributed by atoms with E-state index in [1.165, 1.54) is 13.0 Å². The minimum atomic E-state index is 1.05. The van der Waals surface area contributed by atoms with Crippen molar-refractivity contribution in [1.82, 2.24) is 5.32 Å². The fourth-order valence-electron chi connectivity index (χ4n) is 0.857.